The molecule has 1 saturated heterocycles. The smallest absolute Gasteiger partial charge is 0.323 e. The molecule has 136 valence electrons. The van der Waals surface area contributed by atoms with Crippen molar-refractivity contribution in [3.8, 4) is 0 Å². The molecule has 1 aromatic carbocycles. The van der Waals surface area contributed by atoms with Crippen LogP contribution < -0.4 is 0 Å². The molecule has 26 heavy (non-hydrogen) atoms. The van der Waals surface area contributed by atoms with E-state index in [1.807, 2.05) is 13.0 Å². The van der Waals surface area contributed by atoms with Gasteiger partial charge in [-0.05, 0) is 32.3 Å². The number of carbonyl (C=O) groups excluding carboxylic acids is 4. The van der Waals surface area contributed by atoms with Gasteiger partial charge < -0.3 is 4.74 Å². The average Bonchev–Trinajstić information content (AvgIpc) is 2.82. The van der Waals surface area contributed by atoms with E-state index in [0.29, 0.717) is 5.56 Å². The molecular formula is C20H21NO5. The fraction of sp³-hybridized carbons (Fsp3) is 0.400. The Morgan fingerprint density at radius 1 is 1.19 bits per heavy atom. The molecule has 3 rings (SSSR count). The Bertz CT molecular complexity index is 828. The van der Waals surface area contributed by atoms with Crippen LogP contribution >= 0.6 is 0 Å². The highest BCUT2D eigenvalue weighted by Gasteiger charge is 2.75. The SMILES string of the molecule is CCOC(=O)[C@]12CC(C)=CC[C@@]1(c1ccccc1)N(C(C)=O)C(=O)C2=O. The molecule has 0 aromatic heterocycles. The van der Waals surface area contributed by atoms with Crippen LogP contribution in [0.15, 0.2) is 42.0 Å². The fourth-order valence-electron chi connectivity index (χ4n) is 4.35. The summed E-state index contributed by atoms with van der Waals surface area (Å²) in [5, 5.41) is 0. The summed E-state index contributed by atoms with van der Waals surface area (Å²) in [6.45, 7) is 4.77. The summed E-state index contributed by atoms with van der Waals surface area (Å²) in [6, 6.07) is 8.80. The van der Waals surface area contributed by atoms with E-state index in [-0.39, 0.29) is 19.4 Å². The van der Waals surface area contributed by atoms with Gasteiger partial charge in [0.15, 0.2) is 5.41 Å². The van der Waals surface area contributed by atoms with Crippen molar-refractivity contribution < 1.29 is 23.9 Å². The van der Waals surface area contributed by atoms with Crippen molar-refractivity contribution >= 4 is 23.6 Å². The van der Waals surface area contributed by atoms with Crippen LogP contribution in [0.1, 0.15) is 39.2 Å². The maximum absolute atomic E-state index is 13.1. The van der Waals surface area contributed by atoms with Gasteiger partial charge in [0.05, 0.1) is 6.61 Å². The summed E-state index contributed by atoms with van der Waals surface area (Å²) < 4.78 is 5.25. The lowest BCUT2D eigenvalue weighted by atomic mass is 9.58. The normalized spacial score (nSPS) is 27.8. The van der Waals surface area contributed by atoms with Gasteiger partial charge in [0.25, 0.3) is 5.91 Å². The number of imide groups is 1. The second kappa shape index (κ2) is 6.20. The molecule has 1 aliphatic carbocycles. The van der Waals surface area contributed by atoms with E-state index >= 15 is 0 Å². The Balaban J connectivity index is 2.40. The second-order valence-electron chi connectivity index (χ2n) is 6.77. The molecule has 2 amide bonds. The summed E-state index contributed by atoms with van der Waals surface area (Å²) in [5.41, 5.74) is -1.77. The number of carbonyl (C=O) groups is 4. The minimum Gasteiger partial charge on any atom is -0.465 e. The lowest BCUT2D eigenvalue weighted by molar-refractivity contribution is -0.167. The summed E-state index contributed by atoms with van der Waals surface area (Å²) >= 11 is 0. The predicted molar refractivity (Wildman–Crippen MR) is 92.7 cm³/mol. The van der Waals surface area contributed by atoms with Crippen molar-refractivity contribution in [2.75, 3.05) is 6.61 Å². The van der Waals surface area contributed by atoms with Gasteiger partial charge in [-0.25, -0.2) is 0 Å². The van der Waals surface area contributed by atoms with Crippen LogP contribution in [0.3, 0.4) is 0 Å². The minimum atomic E-state index is -1.76. The minimum absolute atomic E-state index is 0.0507. The third-order valence-electron chi connectivity index (χ3n) is 5.35. The molecule has 0 bridgehead atoms. The lowest BCUT2D eigenvalue weighted by Crippen LogP contribution is -2.59. The van der Waals surface area contributed by atoms with Crippen LogP contribution in [0, 0.1) is 5.41 Å². The summed E-state index contributed by atoms with van der Waals surface area (Å²) in [7, 11) is 0. The largest absolute Gasteiger partial charge is 0.465 e. The van der Waals surface area contributed by atoms with Crippen LogP contribution in [0.25, 0.3) is 0 Å². The second-order valence-corrected chi connectivity index (χ2v) is 6.77. The van der Waals surface area contributed by atoms with Crippen LogP contribution in [-0.4, -0.2) is 35.1 Å². The van der Waals surface area contributed by atoms with Gasteiger partial charge in [-0.3, -0.25) is 24.1 Å². The monoisotopic (exact) mass is 355 g/mol. The third-order valence-corrected chi connectivity index (χ3v) is 5.35. The molecule has 1 aromatic rings. The number of hydrogen-bond donors (Lipinski definition) is 0. The van der Waals surface area contributed by atoms with Gasteiger partial charge >= 0.3 is 5.97 Å². The number of esters is 1. The average molecular weight is 355 g/mol. The zero-order valence-electron chi connectivity index (χ0n) is 15.1. The van der Waals surface area contributed by atoms with E-state index in [4.69, 9.17) is 4.74 Å². The van der Waals surface area contributed by atoms with E-state index in [9.17, 15) is 19.2 Å². The molecule has 1 aliphatic heterocycles. The number of allylic oxidation sites excluding steroid dienone is 1. The highest BCUT2D eigenvalue weighted by atomic mass is 16.5. The highest BCUT2D eigenvalue weighted by Crippen LogP contribution is 2.59. The van der Waals surface area contributed by atoms with Gasteiger partial charge in [-0.1, -0.05) is 42.0 Å². The number of ether oxygens (including phenoxy) is 1. The summed E-state index contributed by atoms with van der Waals surface area (Å²) in [5.74, 6) is -3.13. The van der Waals surface area contributed by atoms with Crippen molar-refractivity contribution in [1.29, 1.82) is 0 Å². The van der Waals surface area contributed by atoms with Crippen LogP contribution in [-0.2, 0) is 29.5 Å². The van der Waals surface area contributed by atoms with Gasteiger partial charge in [-0.2, -0.15) is 0 Å². The van der Waals surface area contributed by atoms with Gasteiger partial charge in [0, 0.05) is 6.92 Å². The number of nitrogens with zero attached hydrogens (tertiary/aromatic N) is 1. The first-order valence-electron chi connectivity index (χ1n) is 8.61. The van der Waals surface area contributed by atoms with Gasteiger partial charge in [-0.15, -0.1) is 0 Å². The number of ketones is 1. The zero-order chi connectivity index (χ0) is 19.1. The van der Waals surface area contributed by atoms with Gasteiger partial charge in [0.1, 0.15) is 5.54 Å². The Hall–Kier alpha value is -2.76. The molecule has 0 unspecified atom stereocenters. The maximum Gasteiger partial charge on any atom is 0.323 e. The zero-order valence-corrected chi connectivity index (χ0v) is 15.1. The fourth-order valence-corrected chi connectivity index (χ4v) is 4.35. The topological polar surface area (TPSA) is 80.8 Å². The molecule has 2 atom stereocenters. The van der Waals surface area contributed by atoms with Crippen molar-refractivity contribution in [3.05, 3.63) is 47.5 Å². The van der Waals surface area contributed by atoms with Crippen LogP contribution in [0.5, 0.6) is 0 Å². The predicted octanol–water partition coefficient (Wildman–Crippen LogP) is 2.13. The van der Waals surface area contributed by atoms with Crippen molar-refractivity contribution in [1.82, 2.24) is 4.90 Å². The highest BCUT2D eigenvalue weighted by molar-refractivity contribution is 6.47. The van der Waals surface area contributed by atoms with Crippen LogP contribution in [0.2, 0.25) is 0 Å². The molecule has 0 spiro atoms. The van der Waals surface area contributed by atoms with E-state index in [0.717, 1.165) is 10.5 Å². The van der Waals surface area contributed by atoms with Crippen molar-refractivity contribution in [2.24, 2.45) is 5.41 Å². The summed E-state index contributed by atoms with van der Waals surface area (Å²) in [6.07, 6.45) is 2.13. The molecular weight excluding hydrogens is 334 g/mol. The molecule has 1 fully saturated rings. The Morgan fingerprint density at radius 2 is 1.85 bits per heavy atom. The third kappa shape index (κ3) is 2.11. The standard InChI is InChI=1S/C20H21NO5/c1-4-26-18(25)19-12-13(2)10-11-20(19,15-8-6-5-7-9-15)21(14(3)22)17(24)16(19)23/h5-10H,4,11-12H2,1-3H3/t19-,20+/m1/s1. The quantitative estimate of drug-likeness (QED) is 0.359. The van der Waals surface area contributed by atoms with Crippen molar-refractivity contribution in [3.63, 3.8) is 0 Å². The number of Topliss-reactive ketones (excluding diaryl/α,β-unsaturated/α-hetero) is 1. The lowest BCUT2D eigenvalue weighted by Gasteiger charge is -2.47. The number of likely N-dealkylation sites (tertiary alicyclic amines) is 1. The van der Waals surface area contributed by atoms with Crippen molar-refractivity contribution in [2.45, 2.75) is 39.2 Å². The molecule has 2 aliphatic rings. The van der Waals surface area contributed by atoms with E-state index in [1.165, 1.54) is 6.92 Å². The van der Waals surface area contributed by atoms with E-state index in [2.05, 4.69) is 0 Å². The first-order valence-corrected chi connectivity index (χ1v) is 8.61. The van der Waals surface area contributed by atoms with E-state index in [1.54, 1.807) is 37.3 Å². The van der Waals surface area contributed by atoms with E-state index < -0.39 is 34.5 Å². The molecule has 6 nitrogen and oxygen atoms in total. The Labute approximate surface area is 151 Å². The van der Waals surface area contributed by atoms with Crippen LogP contribution in [0.4, 0.5) is 0 Å². The Kier molecular flexibility index (Phi) is 4.30. The molecule has 6 heteroatoms. The molecule has 0 saturated carbocycles. The number of amides is 2. The number of benzene rings is 1. The number of hydrogen-bond acceptors (Lipinski definition) is 5. The summed E-state index contributed by atoms with van der Waals surface area (Å²) in [4.78, 5) is 52.5. The Morgan fingerprint density at radius 3 is 2.42 bits per heavy atom. The number of fused-ring (bicyclic) bond motifs is 1. The maximum atomic E-state index is 13.1. The molecule has 0 N–H and O–H groups in total. The first kappa shape index (κ1) is 18.0. The molecule has 0 radical (unpaired) electrons. The molecule has 1 heterocycles. The first-order chi connectivity index (χ1) is 12.3. The number of rotatable bonds is 3. The van der Waals surface area contributed by atoms with Gasteiger partial charge in [0.2, 0.25) is 11.7 Å².